The molecule has 2 rings (SSSR count). The predicted octanol–water partition coefficient (Wildman–Crippen LogP) is 1.89. The van der Waals surface area contributed by atoms with Crippen molar-refractivity contribution in [2.45, 2.75) is 13.8 Å². The van der Waals surface area contributed by atoms with Gasteiger partial charge in [-0.25, -0.2) is 0 Å². The Kier molecular flexibility index (Phi) is 4.18. The minimum Gasteiger partial charge on any atom is -0.384 e. The Morgan fingerprint density at radius 3 is 2.80 bits per heavy atom. The Morgan fingerprint density at radius 2 is 2.20 bits per heavy atom. The molecule has 0 atom stereocenters. The average molecular weight is 270 g/mol. The number of carbonyl (C=O) groups is 1. The van der Waals surface area contributed by atoms with E-state index in [0.717, 1.165) is 11.1 Å². The molecule has 0 spiro atoms. The number of hydrogen-bond acceptors (Lipinski definition) is 4. The number of amides is 1. The van der Waals surface area contributed by atoms with Crippen molar-refractivity contribution in [2.24, 2.45) is 0 Å². The molecule has 0 unspecified atom stereocenters. The van der Waals surface area contributed by atoms with Crippen molar-refractivity contribution >= 4 is 11.6 Å². The SMILES string of the molecule is Cc1cc(C#CCO)ccc1NC(=O)c1oncc1C. The van der Waals surface area contributed by atoms with Crippen molar-refractivity contribution in [1.82, 2.24) is 5.16 Å². The van der Waals surface area contributed by atoms with Gasteiger partial charge in [0.1, 0.15) is 6.61 Å². The number of rotatable bonds is 2. The lowest BCUT2D eigenvalue weighted by Crippen LogP contribution is -2.13. The molecular weight excluding hydrogens is 256 g/mol. The highest BCUT2D eigenvalue weighted by Gasteiger charge is 2.14. The van der Waals surface area contributed by atoms with Crippen molar-refractivity contribution in [1.29, 1.82) is 0 Å². The Morgan fingerprint density at radius 1 is 1.40 bits per heavy atom. The van der Waals surface area contributed by atoms with Crippen LogP contribution in [0.25, 0.3) is 0 Å². The molecule has 2 aromatic rings. The number of nitrogens with zero attached hydrogens (tertiary/aromatic N) is 1. The molecule has 0 saturated carbocycles. The molecule has 1 aromatic carbocycles. The summed E-state index contributed by atoms with van der Waals surface area (Å²) >= 11 is 0. The first-order valence-electron chi connectivity index (χ1n) is 6.05. The van der Waals surface area contributed by atoms with Gasteiger partial charge in [-0.1, -0.05) is 17.0 Å². The van der Waals surface area contributed by atoms with Crippen LogP contribution in [0.3, 0.4) is 0 Å². The van der Waals surface area contributed by atoms with Gasteiger partial charge < -0.3 is 14.9 Å². The summed E-state index contributed by atoms with van der Waals surface area (Å²) < 4.78 is 4.90. The van der Waals surface area contributed by atoms with E-state index in [-0.39, 0.29) is 18.3 Å². The van der Waals surface area contributed by atoms with Gasteiger partial charge >= 0.3 is 0 Å². The first-order chi connectivity index (χ1) is 9.61. The summed E-state index contributed by atoms with van der Waals surface area (Å²) in [6.07, 6.45) is 1.50. The predicted molar refractivity (Wildman–Crippen MR) is 74.3 cm³/mol. The fraction of sp³-hybridized carbons (Fsp3) is 0.200. The molecule has 102 valence electrons. The normalized spacial score (nSPS) is 9.75. The maximum absolute atomic E-state index is 12.0. The number of nitrogens with one attached hydrogen (secondary N) is 1. The van der Waals surface area contributed by atoms with Crippen LogP contribution in [-0.2, 0) is 0 Å². The maximum Gasteiger partial charge on any atom is 0.294 e. The van der Waals surface area contributed by atoms with E-state index < -0.39 is 0 Å². The number of aliphatic hydroxyl groups excluding tert-OH is 1. The van der Waals surface area contributed by atoms with E-state index in [1.54, 1.807) is 19.1 Å². The Bertz CT molecular complexity index is 693. The van der Waals surface area contributed by atoms with Gasteiger partial charge in [-0.15, -0.1) is 0 Å². The molecule has 0 fully saturated rings. The molecule has 0 aliphatic heterocycles. The van der Waals surface area contributed by atoms with Crippen LogP contribution in [0.2, 0.25) is 0 Å². The van der Waals surface area contributed by atoms with Crippen molar-refractivity contribution in [3.8, 4) is 11.8 Å². The van der Waals surface area contributed by atoms with Crippen LogP contribution in [-0.4, -0.2) is 22.8 Å². The Balaban J connectivity index is 2.18. The van der Waals surface area contributed by atoms with E-state index in [4.69, 9.17) is 9.63 Å². The molecular formula is C15H14N2O3. The van der Waals surface area contributed by atoms with Crippen molar-refractivity contribution in [2.75, 3.05) is 11.9 Å². The summed E-state index contributed by atoms with van der Waals surface area (Å²) in [4.78, 5) is 12.0. The second-order valence-corrected chi connectivity index (χ2v) is 4.28. The summed E-state index contributed by atoms with van der Waals surface area (Å²) in [5.74, 6) is 5.25. The summed E-state index contributed by atoms with van der Waals surface area (Å²) in [6.45, 7) is 3.45. The zero-order chi connectivity index (χ0) is 14.5. The summed E-state index contributed by atoms with van der Waals surface area (Å²) in [6, 6.07) is 5.38. The van der Waals surface area contributed by atoms with Gasteiger partial charge in [0.2, 0.25) is 5.76 Å². The van der Waals surface area contributed by atoms with E-state index >= 15 is 0 Å². The molecule has 5 nitrogen and oxygen atoms in total. The van der Waals surface area contributed by atoms with E-state index in [0.29, 0.717) is 11.3 Å². The van der Waals surface area contributed by atoms with Gasteiger partial charge in [0.15, 0.2) is 0 Å². The fourth-order valence-electron chi connectivity index (χ4n) is 1.71. The summed E-state index contributed by atoms with van der Waals surface area (Å²) in [5, 5.41) is 15.0. The van der Waals surface area contributed by atoms with Crippen molar-refractivity contribution in [3.63, 3.8) is 0 Å². The Hall–Kier alpha value is -2.58. The largest absolute Gasteiger partial charge is 0.384 e. The third-order valence-electron chi connectivity index (χ3n) is 2.74. The number of anilines is 1. The summed E-state index contributed by atoms with van der Waals surface area (Å²) in [7, 11) is 0. The van der Waals surface area contributed by atoms with E-state index in [9.17, 15) is 4.79 Å². The molecule has 2 N–H and O–H groups in total. The van der Waals surface area contributed by atoms with E-state index in [2.05, 4.69) is 22.3 Å². The molecule has 0 bridgehead atoms. The van der Waals surface area contributed by atoms with Crippen LogP contribution in [0, 0.1) is 25.7 Å². The van der Waals surface area contributed by atoms with Crippen molar-refractivity contribution < 1.29 is 14.4 Å². The van der Waals surface area contributed by atoms with Crippen LogP contribution in [0.1, 0.15) is 27.2 Å². The number of carbonyl (C=O) groups excluding carboxylic acids is 1. The highest BCUT2D eigenvalue weighted by atomic mass is 16.5. The lowest BCUT2D eigenvalue weighted by molar-refractivity contribution is 0.0987. The highest BCUT2D eigenvalue weighted by molar-refractivity contribution is 6.03. The second-order valence-electron chi connectivity index (χ2n) is 4.28. The van der Waals surface area contributed by atoms with Gasteiger partial charge in [0.25, 0.3) is 5.91 Å². The molecule has 1 amide bonds. The Labute approximate surface area is 116 Å². The average Bonchev–Trinajstić information content (AvgIpc) is 2.85. The minimum atomic E-state index is -0.336. The number of aromatic nitrogens is 1. The first-order valence-corrected chi connectivity index (χ1v) is 6.05. The van der Waals surface area contributed by atoms with Crippen molar-refractivity contribution in [3.05, 3.63) is 46.8 Å². The molecule has 0 radical (unpaired) electrons. The number of hydrogen-bond donors (Lipinski definition) is 2. The van der Waals surface area contributed by atoms with E-state index in [1.807, 2.05) is 13.0 Å². The van der Waals surface area contributed by atoms with Gasteiger partial charge in [-0.3, -0.25) is 4.79 Å². The van der Waals surface area contributed by atoms with Gasteiger partial charge in [-0.2, -0.15) is 0 Å². The van der Waals surface area contributed by atoms with Crippen LogP contribution in [0.15, 0.2) is 28.9 Å². The number of aryl methyl sites for hydroxylation is 2. The quantitative estimate of drug-likeness (QED) is 0.817. The second kappa shape index (κ2) is 6.04. The molecule has 5 heteroatoms. The van der Waals surface area contributed by atoms with Crippen LogP contribution in [0.5, 0.6) is 0 Å². The topological polar surface area (TPSA) is 75.4 Å². The van der Waals surface area contributed by atoms with Gasteiger partial charge in [0.05, 0.1) is 6.20 Å². The zero-order valence-electron chi connectivity index (χ0n) is 11.2. The van der Waals surface area contributed by atoms with Crippen LogP contribution < -0.4 is 5.32 Å². The monoisotopic (exact) mass is 270 g/mol. The van der Waals surface area contributed by atoms with Crippen LogP contribution >= 0.6 is 0 Å². The first kappa shape index (κ1) is 13.8. The third kappa shape index (κ3) is 3.05. The lowest BCUT2D eigenvalue weighted by atomic mass is 10.1. The van der Waals surface area contributed by atoms with Gasteiger partial charge in [0, 0.05) is 16.8 Å². The molecule has 0 aliphatic carbocycles. The highest BCUT2D eigenvalue weighted by Crippen LogP contribution is 2.18. The maximum atomic E-state index is 12.0. The zero-order valence-corrected chi connectivity index (χ0v) is 11.2. The fourth-order valence-corrected chi connectivity index (χ4v) is 1.71. The number of aliphatic hydroxyl groups is 1. The smallest absolute Gasteiger partial charge is 0.294 e. The van der Waals surface area contributed by atoms with E-state index in [1.165, 1.54) is 6.20 Å². The molecule has 1 heterocycles. The summed E-state index contributed by atoms with van der Waals surface area (Å²) in [5.41, 5.74) is 3.02. The molecule has 20 heavy (non-hydrogen) atoms. The molecule has 0 aliphatic rings. The van der Waals surface area contributed by atoms with Crippen LogP contribution in [0.4, 0.5) is 5.69 Å². The molecule has 0 saturated heterocycles. The molecule has 1 aromatic heterocycles. The number of benzene rings is 1. The third-order valence-corrected chi connectivity index (χ3v) is 2.74. The van der Waals surface area contributed by atoms with Gasteiger partial charge in [-0.05, 0) is 37.6 Å². The standard InChI is InChI=1S/C15H14N2O3/c1-10-8-12(4-3-7-18)5-6-13(10)17-15(19)14-11(2)9-16-20-14/h5-6,8-9,18H,7H2,1-2H3,(H,17,19). The lowest BCUT2D eigenvalue weighted by Gasteiger charge is -2.07. The minimum absolute atomic E-state index is 0.178.